The molecule has 0 aliphatic rings. The predicted octanol–water partition coefficient (Wildman–Crippen LogP) is 2.16. The zero-order valence-electron chi connectivity index (χ0n) is 9.23. The van der Waals surface area contributed by atoms with Crippen molar-refractivity contribution in [3.05, 3.63) is 22.4 Å². The highest BCUT2D eigenvalue weighted by Gasteiger charge is 2.15. The van der Waals surface area contributed by atoms with Crippen molar-refractivity contribution in [2.24, 2.45) is 11.7 Å². The fourth-order valence-corrected chi connectivity index (χ4v) is 2.19. The third-order valence-corrected chi connectivity index (χ3v) is 3.74. The largest absolute Gasteiger partial charge is 0.330 e. The van der Waals surface area contributed by atoms with Crippen LogP contribution in [0.5, 0.6) is 0 Å². The van der Waals surface area contributed by atoms with E-state index in [-0.39, 0.29) is 0 Å². The van der Waals surface area contributed by atoms with Gasteiger partial charge in [0.05, 0.1) is 0 Å². The molecule has 0 spiro atoms. The minimum absolute atomic E-state index is 0.544. The molecular weight excluding hydrogens is 192 g/mol. The van der Waals surface area contributed by atoms with Gasteiger partial charge >= 0.3 is 0 Å². The number of nitrogens with zero attached hydrogens (tertiary/aromatic N) is 1. The lowest BCUT2D eigenvalue weighted by atomic mass is 10.0. The number of thiophene rings is 1. The standard InChI is InChI=1S/C11H20N2S/c1-9(7-12)10(2)13(3)8-11-5-4-6-14-11/h4-6,9-10H,7-8,12H2,1-3H3. The summed E-state index contributed by atoms with van der Waals surface area (Å²) >= 11 is 1.82. The van der Waals surface area contributed by atoms with Gasteiger partial charge in [-0.25, -0.2) is 0 Å². The van der Waals surface area contributed by atoms with Gasteiger partial charge in [-0.15, -0.1) is 11.3 Å². The molecule has 0 amide bonds. The van der Waals surface area contributed by atoms with E-state index in [0.717, 1.165) is 13.1 Å². The van der Waals surface area contributed by atoms with Gasteiger partial charge < -0.3 is 5.73 Å². The van der Waals surface area contributed by atoms with Crippen LogP contribution >= 0.6 is 11.3 Å². The summed E-state index contributed by atoms with van der Waals surface area (Å²) in [7, 11) is 2.16. The maximum Gasteiger partial charge on any atom is 0.0327 e. The predicted molar refractivity (Wildman–Crippen MR) is 63.5 cm³/mol. The molecule has 2 unspecified atom stereocenters. The molecule has 0 radical (unpaired) electrons. The maximum absolute atomic E-state index is 5.66. The Kier molecular flexibility index (Phi) is 4.58. The van der Waals surface area contributed by atoms with Gasteiger partial charge in [-0.2, -0.15) is 0 Å². The van der Waals surface area contributed by atoms with E-state index >= 15 is 0 Å². The Bertz CT molecular complexity index is 246. The maximum atomic E-state index is 5.66. The summed E-state index contributed by atoms with van der Waals surface area (Å²) < 4.78 is 0. The minimum Gasteiger partial charge on any atom is -0.330 e. The van der Waals surface area contributed by atoms with Crippen molar-refractivity contribution in [2.75, 3.05) is 13.6 Å². The molecule has 2 atom stereocenters. The van der Waals surface area contributed by atoms with E-state index < -0.39 is 0 Å². The molecule has 2 N–H and O–H groups in total. The van der Waals surface area contributed by atoms with E-state index in [0.29, 0.717) is 12.0 Å². The molecule has 80 valence electrons. The molecular formula is C11H20N2S. The number of hydrogen-bond acceptors (Lipinski definition) is 3. The van der Waals surface area contributed by atoms with Crippen LogP contribution in [0.4, 0.5) is 0 Å². The fourth-order valence-electron chi connectivity index (χ4n) is 1.42. The highest BCUT2D eigenvalue weighted by molar-refractivity contribution is 7.09. The van der Waals surface area contributed by atoms with Crippen LogP contribution in [-0.2, 0) is 6.54 Å². The van der Waals surface area contributed by atoms with Crippen LogP contribution in [0.2, 0.25) is 0 Å². The van der Waals surface area contributed by atoms with E-state index in [9.17, 15) is 0 Å². The molecule has 0 aliphatic carbocycles. The Hall–Kier alpha value is -0.380. The minimum atomic E-state index is 0.544. The Morgan fingerprint density at radius 2 is 2.21 bits per heavy atom. The summed E-state index contributed by atoms with van der Waals surface area (Å²) in [4.78, 5) is 3.78. The van der Waals surface area contributed by atoms with Gasteiger partial charge in [0.15, 0.2) is 0 Å². The molecule has 1 heterocycles. The van der Waals surface area contributed by atoms with E-state index in [4.69, 9.17) is 5.73 Å². The molecule has 2 nitrogen and oxygen atoms in total. The Labute approximate surface area is 90.7 Å². The summed E-state index contributed by atoms with van der Waals surface area (Å²) in [5, 5.41) is 2.13. The van der Waals surface area contributed by atoms with Gasteiger partial charge in [0.1, 0.15) is 0 Å². The second-order valence-corrected chi connectivity index (χ2v) is 4.98. The summed E-state index contributed by atoms with van der Waals surface area (Å²) in [5.74, 6) is 0.556. The number of hydrogen-bond donors (Lipinski definition) is 1. The van der Waals surface area contributed by atoms with Crippen molar-refractivity contribution in [1.29, 1.82) is 0 Å². The lowest BCUT2D eigenvalue weighted by Gasteiger charge is -2.28. The van der Waals surface area contributed by atoms with Gasteiger partial charge in [0.25, 0.3) is 0 Å². The van der Waals surface area contributed by atoms with Crippen LogP contribution in [0.1, 0.15) is 18.7 Å². The van der Waals surface area contributed by atoms with Crippen molar-refractivity contribution in [1.82, 2.24) is 4.90 Å². The smallest absolute Gasteiger partial charge is 0.0327 e. The normalized spacial score (nSPS) is 15.8. The topological polar surface area (TPSA) is 29.3 Å². The van der Waals surface area contributed by atoms with E-state index in [1.165, 1.54) is 4.88 Å². The van der Waals surface area contributed by atoms with Crippen molar-refractivity contribution in [3.63, 3.8) is 0 Å². The second kappa shape index (κ2) is 5.49. The van der Waals surface area contributed by atoms with Crippen LogP contribution < -0.4 is 5.73 Å². The van der Waals surface area contributed by atoms with Gasteiger partial charge in [-0.3, -0.25) is 4.90 Å². The van der Waals surface area contributed by atoms with Crippen LogP contribution in [-0.4, -0.2) is 24.5 Å². The molecule has 0 saturated carbocycles. The van der Waals surface area contributed by atoms with Crippen molar-refractivity contribution < 1.29 is 0 Å². The fraction of sp³-hybridized carbons (Fsp3) is 0.636. The van der Waals surface area contributed by atoms with Crippen molar-refractivity contribution in [2.45, 2.75) is 26.4 Å². The molecule has 14 heavy (non-hydrogen) atoms. The first-order chi connectivity index (χ1) is 6.65. The molecule has 1 aromatic rings. The molecule has 0 saturated heterocycles. The SMILES string of the molecule is CC(CN)C(C)N(C)Cc1cccs1. The third kappa shape index (κ3) is 3.08. The van der Waals surface area contributed by atoms with E-state index in [2.05, 4.69) is 43.3 Å². The monoisotopic (exact) mass is 212 g/mol. The highest BCUT2D eigenvalue weighted by atomic mass is 32.1. The molecule has 1 aromatic heterocycles. The van der Waals surface area contributed by atoms with E-state index in [1.807, 2.05) is 11.3 Å². The zero-order valence-corrected chi connectivity index (χ0v) is 10.1. The van der Waals surface area contributed by atoms with Gasteiger partial charge in [0, 0.05) is 17.5 Å². The lowest BCUT2D eigenvalue weighted by Crippen LogP contribution is -2.36. The van der Waals surface area contributed by atoms with Crippen LogP contribution in [0.3, 0.4) is 0 Å². The Morgan fingerprint density at radius 1 is 1.50 bits per heavy atom. The van der Waals surface area contributed by atoms with Crippen LogP contribution in [0.25, 0.3) is 0 Å². The van der Waals surface area contributed by atoms with Crippen molar-refractivity contribution in [3.8, 4) is 0 Å². The second-order valence-electron chi connectivity index (χ2n) is 3.95. The van der Waals surface area contributed by atoms with E-state index in [1.54, 1.807) is 0 Å². The number of rotatable bonds is 5. The molecule has 1 rings (SSSR count). The molecule has 3 heteroatoms. The summed E-state index contributed by atoms with van der Waals surface area (Å²) in [5.41, 5.74) is 5.66. The highest BCUT2D eigenvalue weighted by Crippen LogP contribution is 2.15. The summed E-state index contributed by atoms with van der Waals surface area (Å²) in [6.07, 6.45) is 0. The molecule has 0 bridgehead atoms. The average molecular weight is 212 g/mol. The molecule has 0 aliphatic heterocycles. The van der Waals surface area contributed by atoms with Crippen LogP contribution in [0, 0.1) is 5.92 Å². The third-order valence-electron chi connectivity index (χ3n) is 2.88. The van der Waals surface area contributed by atoms with Gasteiger partial charge in [-0.1, -0.05) is 13.0 Å². The first-order valence-corrected chi connectivity index (χ1v) is 5.95. The first-order valence-electron chi connectivity index (χ1n) is 5.07. The molecule has 0 aromatic carbocycles. The van der Waals surface area contributed by atoms with Gasteiger partial charge in [0.2, 0.25) is 0 Å². The molecule has 0 fully saturated rings. The average Bonchev–Trinajstić information content (AvgIpc) is 2.68. The van der Waals surface area contributed by atoms with Crippen LogP contribution in [0.15, 0.2) is 17.5 Å². The van der Waals surface area contributed by atoms with Gasteiger partial charge in [-0.05, 0) is 37.9 Å². The van der Waals surface area contributed by atoms with Crippen molar-refractivity contribution >= 4 is 11.3 Å². The summed E-state index contributed by atoms with van der Waals surface area (Å²) in [6, 6.07) is 4.83. The first kappa shape index (κ1) is 11.7. The Morgan fingerprint density at radius 3 is 2.71 bits per heavy atom. The zero-order chi connectivity index (χ0) is 10.6. The Balaban J connectivity index is 2.45. The quantitative estimate of drug-likeness (QED) is 0.810. The number of nitrogens with two attached hydrogens (primary N) is 1. The summed E-state index contributed by atoms with van der Waals surface area (Å²) in [6.45, 7) is 6.24. The lowest BCUT2D eigenvalue weighted by molar-refractivity contribution is 0.196.